The third-order valence-electron chi connectivity index (χ3n) is 5.44. The number of amides is 1. The van der Waals surface area contributed by atoms with Crippen LogP contribution in [-0.2, 0) is 21.2 Å². The van der Waals surface area contributed by atoms with Crippen molar-refractivity contribution >= 4 is 49.1 Å². The first-order chi connectivity index (χ1) is 15.8. The number of anilines is 1. The van der Waals surface area contributed by atoms with Gasteiger partial charge in [0.1, 0.15) is 5.75 Å². The van der Waals surface area contributed by atoms with E-state index in [4.69, 9.17) is 16.3 Å². The molecule has 3 aromatic rings. The number of benzene rings is 3. The van der Waals surface area contributed by atoms with Crippen molar-refractivity contribution in [3.8, 4) is 5.75 Å². The minimum Gasteiger partial charge on any atom is -0.482 e. The molecule has 1 amide bonds. The van der Waals surface area contributed by atoms with Gasteiger partial charge in [-0.2, -0.15) is 0 Å². The van der Waals surface area contributed by atoms with Gasteiger partial charge in [-0.3, -0.25) is 9.10 Å². The lowest BCUT2D eigenvalue weighted by molar-refractivity contribution is -0.123. The second kappa shape index (κ2) is 9.75. The molecule has 172 valence electrons. The van der Waals surface area contributed by atoms with E-state index in [-0.39, 0.29) is 34.2 Å². The smallest absolute Gasteiger partial charge is 0.264 e. The van der Waals surface area contributed by atoms with Gasteiger partial charge in [-0.05, 0) is 60.9 Å². The summed E-state index contributed by atoms with van der Waals surface area (Å²) in [6, 6.07) is 19.2. The van der Waals surface area contributed by atoms with Gasteiger partial charge in [0.2, 0.25) is 0 Å². The molecule has 0 unspecified atom stereocenters. The van der Waals surface area contributed by atoms with Gasteiger partial charge in [-0.1, -0.05) is 57.9 Å². The van der Waals surface area contributed by atoms with Crippen molar-refractivity contribution in [2.75, 3.05) is 17.5 Å². The molecular weight excluding hydrogens is 528 g/mol. The summed E-state index contributed by atoms with van der Waals surface area (Å²) in [5, 5.41) is 2.99. The Morgan fingerprint density at radius 1 is 1.15 bits per heavy atom. The fraction of sp³-hybridized carbons (Fsp3) is 0.208. The van der Waals surface area contributed by atoms with E-state index in [0.717, 1.165) is 15.6 Å². The number of para-hydroxylation sites is 1. The average molecular weight is 550 g/mol. The Kier molecular flexibility index (Phi) is 6.97. The summed E-state index contributed by atoms with van der Waals surface area (Å²) in [6.07, 6.45) is 0.665. The van der Waals surface area contributed by atoms with Gasteiger partial charge in [0.25, 0.3) is 15.9 Å². The molecule has 1 heterocycles. The Hall–Kier alpha value is -2.55. The Morgan fingerprint density at radius 3 is 2.61 bits per heavy atom. The molecule has 0 bridgehead atoms. The largest absolute Gasteiger partial charge is 0.482 e. The highest BCUT2D eigenvalue weighted by Crippen LogP contribution is 2.35. The maximum Gasteiger partial charge on any atom is 0.264 e. The van der Waals surface area contributed by atoms with E-state index < -0.39 is 10.0 Å². The molecule has 0 saturated heterocycles. The van der Waals surface area contributed by atoms with E-state index in [9.17, 15) is 13.2 Å². The Labute approximate surface area is 206 Å². The molecule has 0 spiro atoms. The minimum absolute atomic E-state index is 0.0739. The first-order valence-electron chi connectivity index (χ1n) is 10.3. The van der Waals surface area contributed by atoms with E-state index in [1.54, 1.807) is 6.07 Å². The number of hydrogen-bond acceptors (Lipinski definition) is 4. The van der Waals surface area contributed by atoms with Crippen LogP contribution < -0.4 is 14.4 Å². The fourth-order valence-electron chi connectivity index (χ4n) is 3.71. The lowest BCUT2D eigenvalue weighted by Gasteiger charge is -2.20. The molecule has 4 rings (SSSR count). The van der Waals surface area contributed by atoms with Crippen LogP contribution in [0.3, 0.4) is 0 Å². The summed E-state index contributed by atoms with van der Waals surface area (Å²) in [4.78, 5) is 12.4. The molecule has 1 aliphatic heterocycles. The summed E-state index contributed by atoms with van der Waals surface area (Å²) >= 11 is 9.68. The zero-order chi connectivity index (χ0) is 23.6. The second-order valence-electron chi connectivity index (χ2n) is 7.68. The molecular formula is C24H22BrClN2O4S. The second-order valence-corrected chi connectivity index (χ2v) is 10.9. The van der Waals surface area contributed by atoms with Crippen LogP contribution in [0.4, 0.5) is 5.69 Å². The minimum atomic E-state index is -3.76. The van der Waals surface area contributed by atoms with Crippen molar-refractivity contribution in [1.29, 1.82) is 0 Å². The molecule has 1 aliphatic rings. The molecule has 0 aliphatic carbocycles. The maximum atomic E-state index is 13.2. The Bertz CT molecular complexity index is 1280. The van der Waals surface area contributed by atoms with Crippen molar-refractivity contribution in [3.05, 3.63) is 87.4 Å². The van der Waals surface area contributed by atoms with Crippen LogP contribution in [0.5, 0.6) is 5.75 Å². The van der Waals surface area contributed by atoms with Crippen molar-refractivity contribution in [2.45, 2.75) is 24.3 Å². The van der Waals surface area contributed by atoms with Crippen LogP contribution in [-0.4, -0.2) is 27.5 Å². The first-order valence-corrected chi connectivity index (χ1v) is 12.9. The van der Waals surface area contributed by atoms with Gasteiger partial charge < -0.3 is 10.1 Å². The summed E-state index contributed by atoms with van der Waals surface area (Å²) in [7, 11) is -3.76. The van der Waals surface area contributed by atoms with Crippen molar-refractivity contribution in [1.82, 2.24) is 5.32 Å². The van der Waals surface area contributed by atoms with Gasteiger partial charge in [0.05, 0.1) is 21.6 Å². The number of fused-ring (bicyclic) bond motifs is 1. The molecule has 1 atom stereocenters. The first kappa shape index (κ1) is 23.6. The van der Waals surface area contributed by atoms with E-state index >= 15 is 0 Å². The summed E-state index contributed by atoms with van der Waals surface area (Å²) in [5.41, 5.74) is 2.64. The average Bonchev–Trinajstić information content (AvgIpc) is 3.23. The van der Waals surface area contributed by atoms with Gasteiger partial charge >= 0.3 is 0 Å². The maximum absolute atomic E-state index is 13.2. The summed E-state index contributed by atoms with van der Waals surface area (Å²) in [6.45, 7) is 2.02. The molecule has 0 fully saturated rings. The summed E-state index contributed by atoms with van der Waals surface area (Å²) in [5.74, 6) is -0.0734. The third-order valence-corrected chi connectivity index (χ3v) is 8.08. The number of nitrogens with one attached hydrogen (secondary N) is 1. The van der Waals surface area contributed by atoms with E-state index in [1.807, 2.05) is 49.4 Å². The standard InChI is InChI=1S/C24H22BrClN2O4S/c1-16(17-6-8-19(25)9-7-17)27-24(29)15-32-23-11-10-20(14-21(23)26)33(30,31)28-13-12-18-4-2-3-5-22(18)28/h2-11,14,16H,12-13,15H2,1H3,(H,27,29)/t16-/m1/s1. The molecule has 6 nitrogen and oxygen atoms in total. The molecule has 1 N–H and O–H groups in total. The molecule has 3 aromatic carbocycles. The van der Waals surface area contributed by atoms with Crippen LogP contribution in [0.15, 0.2) is 76.1 Å². The highest BCUT2D eigenvalue weighted by atomic mass is 79.9. The van der Waals surface area contributed by atoms with Crippen molar-refractivity contribution in [3.63, 3.8) is 0 Å². The molecule has 9 heteroatoms. The highest BCUT2D eigenvalue weighted by molar-refractivity contribution is 9.10. The van der Waals surface area contributed by atoms with Gasteiger partial charge in [0.15, 0.2) is 6.61 Å². The SMILES string of the molecule is C[C@@H](NC(=O)COc1ccc(S(=O)(=O)N2CCc3ccccc32)cc1Cl)c1ccc(Br)cc1. The van der Waals surface area contributed by atoms with Crippen LogP contribution >= 0.6 is 27.5 Å². The zero-order valence-electron chi connectivity index (χ0n) is 17.8. The quantitative estimate of drug-likeness (QED) is 0.444. The van der Waals surface area contributed by atoms with Crippen LogP contribution in [0, 0.1) is 0 Å². The fourth-order valence-corrected chi connectivity index (χ4v) is 5.80. The van der Waals surface area contributed by atoms with E-state index in [1.165, 1.54) is 22.5 Å². The number of sulfonamides is 1. The van der Waals surface area contributed by atoms with E-state index in [0.29, 0.717) is 18.7 Å². The number of hydrogen-bond donors (Lipinski definition) is 1. The zero-order valence-corrected chi connectivity index (χ0v) is 21.0. The predicted octanol–water partition coefficient (Wildman–Crippen LogP) is 5.11. The van der Waals surface area contributed by atoms with Crippen LogP contribution in [0.2, 0.25) is 5.02 Å². The van der Waals surface area contributed by atoms with Gasteiger partial charge in [-0.25, -0.2) is 8.42 Å². The number of ether oxygens (including phenoxy) is 1. The number of carbonyl (C=O) groups excluding carboxylic acids is 1. The normalized spacial score (nSPS) is 14.0. The van der Waals surface area contributed by atoms with E-state index in [2.05, 4.69) is 21.2 Å². The molecule has 0 aromatic heterocycles. The monoisotopic (exact) mass is 548 g/mol. The predicted molar refractivity (Wildman–Crippen MR) is 132 cm³/mol. The van der Waals surface area contributed by atoms with Gasteiger partial charge in [0, 0.05) is 11.0 Å². The Balaban J connectivity index is 1.41. The Morgan fingerprint density at radius 2 is 1.88 bits per heavy atom. The lowest BCUT2D eigenvalue weighted by atomic mass is 10.1. The molecule has 0 saturated carbocycles. The highest BCUT2D eigenvalue weighted by Gasteiger charge is 2.31. The third kappa shape index (κ3) is 5.18. The molecule has 33 heavy (non-hydrogen) atoms. The topological polar surface area (TPSA) is 75.7 Å². The number of carbonyl (C=O) groups is 1. The molecule has 0 radical (unpaired) electrons. The van der Waals surface area contributed by atoms with Crippen LogP contribution in [0.25, 0.3) is 0 Å². The van der Waals surface area contributed by atoms with Gasteiger partial charge in [-0.15, -0.1) is 0 Å². The van der Waals surface area contributed by atoms with Crippen molar-refractivity contribution < 1.29 is 17.9 Å². The van der Waals surface area contributed by atoms with Crippen molar-refractivity contribution in [2.24, 2.45) is 0 Å². The summed E-state index contributed by atoms with van der Waals surface area (Å²) < 4.78 is 34.2. The lowest BCUT2D eigenvalue weighted by Crippen LogP contribution is -2.31. The van der Waals surface area contributed by atoms with Crippen LogP contribution in [0.1, 0.15) is 24.1 Å². The number of rotatable bonds is 7. The number of nitrogens with zero attached hydrogens (tertiary/aromatic N) is 1. The number of halogens is 2.